The normalized spacial score (nSPS) is 25.1. The molecule has 1 N–H and O–H groups in total. The highest BCUT2D eigenvalue weighted by molar-refractivity contribution is 6.33. The van der Waals surface area contributed by atoms with Crippen molar-refractivity contribution in [2.75, 3.05) is 11.9 Å². The van der Waals surface area contributed by atoms with Crippen LogP contribution >= 0.6 is 23.2 Å². The third kappa shape index (κ3) is 3.24. The third-order valence-electron chi connectivity index (χ3n) is 5.44. The molecule has 1 aliphatic carbocycles. The summed E-state index contributed by atoms with van der Waals surface area (Å²) in [6, 6.07) is 5.64. The molecule has 2 heterocycles. The van der Waals surface area contributed by atoms with Gasteiger partial charge in [-0.05, 0) is 50.3 Å². The van der Waals surface area contributed by atoms with E-state index in [4.69, 9.17) is 27.9 Å². The molecular formula is C19H21Cl2N3O2. The van der Waals surface area contributed by atoms with Gasteiger partial charge >= 0.3 is 0 Å². The fraction of sp³-hybridized carbons (Fsp3) is 0.474. The van der Waals surface area contributed by atoms with Gasteiger partial charge in [0, 0.05) is 23.6 Å². The Balaban J connectivity index is 1.62. The van der Waals surface area contributed by atoms with Crippen LogP contribution in [0.5, 0.6) is 0 Å². The average molecular weight is 394 g/mol. The number of aromatic nitrogens is 2. The topological polar surface area (TPSA) is 56.1 Å². The van der Waals surface area contributed by atoms with E-state index in [9.17, 15) is 4.79 Å². The van der Waals surface area contributed by atoms with Gasteiger partial charge in [0.25, 0.3) is 5.56 Å². The average Bonchev–Trinajstić information content (AvgIpc) is 3.11. The van der Waals surface area contributed by atoms with Gasteiger partial charge in [-0.25, -0.2) is 0 Å². The lowest BCUT2D eigenvalue weighted by Crippen LogP contribution is -2.38. The third-order valence-corrected chi connectivity index (χ3v) is 6.21. The van der Waals surface area contributed by atoms with Crippen molar-refractivity contribution in [1.29, 1.82) is 0 Å². The fourth-order valence-electron chi connectivity index (χ4n) is 3.99. The SMILES string of the molecule is Cc1ccc(-n2ncc(NC3CCCC4OCCC34)c(Cl)c2=O)cc1Cl. The van der Waals surface area contributed by atoms with E-state index in [1.807, 2.05) is 13.0 Å². The predicted molar refractivity (Wildman–Crippen MR) is 104 cm³/mol. The van der Waals surface area contributed by atoms with Crippen LogP contribution < -0.4 is 10.9 Å². The summed E-state index contributed by atoms with van der Waals surface area (Å²) in [4.78, 5) is 12.7. The summed E-state index contributed by atoms with van der Waals surface area (Å²) in [6.07, 6.45) is 6.27. The molecule has 26 heavy (non-hydrogen) atoms. The van der Waals surface area contributed by atoms with Crippen molar-refractivity contribution in [3.05, 3.63) is 50.4 Å². The molecule has 0 spiro atoms. The highest BCUT2D eigenvalue weighted by Gasteiger charge is 2.37. The minimum absolute atomic E-state index is 0.151. The van der Waals surface area contributed by atoms with Crippen LogP contribution in [0, 0.1) is 12.8 Å². The van der Waals surface area contributed by atoms with Gasteiger partial charge in [0.1, 0.15) is 5.02 Å². The first-order chi connectivity index (χ1) is 12.5. The van der Waals surface area contributed by atoms with Crippen LogP contribution in [-0.2, 0) is 4.74 Å². The molecule has 1 saturated heterocycles. The number of hydrogen-bond donors (Lipinski definition) is 1. The van der Waals surface area contributed by atoms with Crippen LogP contribution in [-0.4, -0.2) is 28.5 Å². The van der Waals surface area contributed by atoms with Gasteiger partial charge in [-0.1, -0.05) is 29.3 Å². The van der Waals surface area contributed by atoms with E-state index >= 15 is 0 Å². The molecule has 1 aliphatic heterocycles. The molecule has 1 saturated carbocycles. The standard InChI is InChI=1S/C19H21Cl2N3O2/c1-11-5-6-12(9-14(11)20)24-19(25)18(21)16(10-22-24)23-15-3-2-4-17-13(15)7-8-26-17/h5-6,9-10,13,15,17,23H,2-4,7-8H2,1H3. The second-order valence-corrected chi connectivity index (χ2v) is 7.85. The quantitative estimate of drug-likeness (QED) is 0.847. The summed E-state index contributed by atoms with van der Waals surface area (Å²) in [7, 11) is 0. The Bertz CT molecular complexity index is 884. The van der Waals surface area contributed by atoms with E-state index in [0.29, 0.717) is 28.4 Å². The minimum Gasteiger partial charge on any atom is -0.379 e. The van der Waals surface area contributed by atoms with Gasteiger partial charge < -0.3 is 10.1 Å². The van der Waals surface area contributed by atoms with Gasteiger partial charge in [-0.15, -0.1) is 0 Å². The maximum Gasteiger partial charge on any atom is 0.292 e. The molecule has 138 valence electrons. The zero-order valence-corrected chi connectivity index (χ0v) is 16.1. The van der Waals surface area contributed by atoms with Crippen molar-refractivity contribution in [1.82, 2.24) is 9.78 Å². The Morgan fingerprint density at radius 1 is 1.27 bits per heavy atom. The molecule has 3 unspecified atom stereocenters. The number of nitrogens with zero attached hydrogens (tertiary/aromatic N) is 2. The Kier molecular flexibility index (Phi) is 4.95. The first kappa shape index (κ1) is 17.8. The van der Waals surface area contributed by atoms with E-state index in [2.05, 4.69) is 10.4 Å². The van der Waals surface area contributed by atoms with Crippen LogP contribution in [0.2, 0.25) is 10.0 Å². The van der Waals surface area contributed by atoms with E-state index < -0.39 is 0 Å². The lowest BCUT2D eigenvalue weighted by atomic mass is 9.82. The number of fused-ring (bicyclic) bond motifs is 1. The Labute approximate surface area is 162 Å². The number of anilines is 1. The predicted octanol–water partition coefficient (Wildman–Crippen LogP) is 4.22. The summed E-state index contributed by atoms with van der Waals surface area (Å²) >= 11 is 12.5. The highest BCUT2D eigenvalue weighted by Crippen LogP contribution is 2.36. The van der Waals surface area contributed by atoms with Gasteiger partial charge in [-0.3, -0.25) is 4.79 Å². The van der Waals surface area contributed by atoms with Crippen LogP contribution in [0.25, 0.3) is 5.69 Å². The largest absolute Gasteiger partial charge is 0.379 e. The summed E-state index contributed by atoms with van der Waals surface area (Å²) in [5.74, 6) is 0.471. The monoisotopic (exact) mass is 393 g/mol. The molecule has 0 radical (unpaired) electrons. The van der Waals surface area contributed by atoms with Gasteiger partial charge in [0.15, 0.2) is 0 Å². The van der Waals surface area contributed by atoms with Crippen LogP contribution in [0.4, 0.5) is 5.69 Å². The molecule has 3 atom stereocenters. The van der Waals surface area contributed by atoms with Crippen LogP contribution in [0.15, 0.2) is 29.2 Å². The van der Waals surface area contributed by atoms with Crippen molar-refractivity contribution in [3.63, 3.8) is 0 Å². The number of aryl methyl sites for hydroxylation is 1. The Morgan fingerprint density at radius 3 is 2.92 bits per heavy atom. The summed E-state index contributed by atoms with van der Waals surface area (Å²) in [6.45, 7) is 2.72. The van der Waals surface area contributed by atoms with Crippen LogP contribution in [0.1, 0.15) is 31.2 Å². The lowest BCUT2D eigenvalue weighted by molar-refractivity contribution is 0.0620. The molecule has 0 amide bonds. The Hall–Kier alpha value is -1.56. The van der Waals surface area contributed by atoms with Crippen molar-refractivity contribution in [2.45, 2.75) is 44.8 Å². The zero-order chi connectivity index (χ0) is 18.3. The van der Waals surface area contributed by atoms with Gasteiger partial charge in [-0.2, -0.15) is 9.78 Å². The summed E-state index contributed by atoms with van der Waals surface area (Å²) in [5.41, 5.74) is 1.77. The number of rotatable bonds is 3. The molecule has 4 rings (SSSR count). The minimum atomic E-state index is -0.355. The van der Waals surface area contributed by atoms with E-state index in [1.54, 1.807) is 18.3 Å². The van der Waals surface area contributed by atoms with Crippen LogP contribution in [0.3, 0.4) is 0 Å². The highest BCUT2D eigenvalue weighted by atomic mass is 35.5. The van der Waals surface area contributed by atoms with Crippen molar-refractivity contribution < 1.29 is 4.74 Å². The fourth-order valence-corrected chi connectivity index (χ4v) is 4.34. The number of ether oxygens (including phenoxy) is 1. The maximum atomic E-state index is 12.7. The first-order valence-electron chi connectivity index (χ1n) is 8.97. The van der Waals surface area contributed by atoms with E-state index in [0.717, 1.165) is 37.9 Å². The van der Waals surface area contributed by atoms with Gasteiger partial charge in [0.2, 0.25) is 0 Å². The number of hydrogen-bond acceptors (Lipinski definition) is 4. The van der Waals surface area contributed by atoms with Crippen molar-refractivity contribution in [3.8, 4) is 5.69 Å². The van der Waals surface area contributed by atoms with E-state index in [1.165, 1.54) is 4.68 Å². The maximum absolute atomic E-state index is 12.7. The Morgan fingerprint density at radius 2 is 2.12 bits per heavy atom. The molecule has 7 heteroatoms. The van der Waals surface area contributed by atoms with Crippen molar-refractivity contribution >= 4 is 28.9 Å². The van der Waals surface area contributed by atoms with E-state index in [-0.39, 0.29) is 16.6 Å². The molecule has 1 aromatic carbocycles. The molecule has 2 aliphatic rings. The lowest BCUT2D eigenvalue weighted by Gasteiger charge is -2.33. The van der Waals surface area contributed by atoms with Gasteiger partial charge in [0.05, 0.1) is 23.7 Å². The zero-order valence-electron chi connectivity index (χ0n) is 14.5. The molecule has 5 nitrogen and oxygen atoms in total. The number of halogens is 2. The molecule has 2 fully saturated rings. The molecule has 0 bridgehead atoms. The summed E-state index contributed by atoms with van der Waals surface area (Å²) < 4.78 is 7.09. The molecular weight excluding hydrogens is 373 g/mol. The number of benzene rings is 1. The van der Waals surface area contributed by atoms with Crippen molar-refractivity contribution in [2.24, 2.45) is 5.92 Å². The smallest absolute Gasteiger partial charge is 0.292 e. The number of nitrogens with one attached hydrogen (secondary N) is 1. The molecule has 2 aromatic rings. The second-order valence-electron chi connectivity index (χ2n) is 7.07. The molecule has 1 aromatic heterocycles. The summed E-state index contributed by atoms with van der Waals surface area (Å²) in [5, 5.41) is 8.48. The first-order valence-corrected chi connectivity index (χ1v) is 9.72. The second kappa shape index (κ2) is 7.22.